The van der Waals surface area contributed by atoms with E-state index in [-0.39, 0.29) is 12.4 Å². The van der Waals surface area contributed by atoms with Gasteiger partial charge in [0.2, 0.25) is 0 Å². The lowest BCUT2D eigenvalue weighted by molar-refractivity contribution is 0.300. The molecular formula is C15H14ClFO. The van der Waals surface area contributed by atoms with E-state index in [4.69, 9.17) is 16.3 Å². The van der Waals surface area contributed by atoms with E-state index >= 15 is 0 Å². The van der Waals surface area contributed by atoms with Crippen LogP contribution in [0.3, 0.4) is 0 Å². The highest BCUT2D eigenvalue weighted by Gasteiger charge is 2.07. The summed E-state index contributed by atoms with van der Waals surface area (Å²) in [4.78, 5) is 0. The van der Waals surface area contributed by atoms with Crippen LogP contribution in [-0.4, -0.2) is 0 Å². The van der Waals surface area contributed by atoms with Crippen LogP contribution in [0.25, 0.3) is 0 Å². The van der Waals surface area contributed by atoms with Crippen molar-refractivity contribution in [3.8, 4) is 5.75 Å². The monoisotopic (exact) mass is 264 g/mol. The van der Waals surface area contributed by atoms with Crippen molar-refractivity contribution in [3.63, 3.8) is 0 Å². The third-order valence-electron chi connectivity index (χ3n) is 2.78. The van der Waals surface area contributed by atoms with E-state index < -0.39 is 0 Å². The molecule has 18 heavy (non-hydrogen) atoms. The van der Waals surface area contributed by atoms with Crippen LogP contribution in [0.15, 0.2) is 42.5 Å². The normalized spacial score (nSPS) is 10.4. The van der Waals surface area contributed by atoms with Crippen molar-refractivity contribution < 1.29 is 9.13 Å². The minimum atomic E-state index is -0.340. The second-order valence-electron chi connectivity index (χ2n) is 3.99. The first kappa shape index (κ1) is 12.9. The van der Waals surface area contributed by atoms with Crippen LogP contribution in [-0.2, 0) is 13.0 Å². The van der Waals surface area contributed by atoms with Gasteiger partial charge in [-0.05, 0) is 36.2 Å². The number of ether oxygens (including phenoxy) is 1. The summed E-state index contributed by atoms with van der Waals surface area (Å²) in [6.07, 6.45) is 0.986. The minimum absolute atomic E-state index is 0.136. The predicted octanol–water partition coefficient (Wildman–Crippen LogP) is 4.62. The van der Waals surface area contributed by atoms with Crippen LogP contribution in [0.2, 0.25) is 5.02 Å². The molecule has 0 fully saturated rings. The van der Waals surface area contributed by atoms with Crippen LogP contribution >= 0.6 is 11.6 Å². The van der Waals surface area contributed by atoms with Gasteiger partial charge in [-0.1, -0.05) is 36.7 Å². The Kier molecular flexibility index (Phi) is 4.21. The molecule has 0 saturated carbocycles. The van der Waals surface area contributed by atoms with Crippen molar-refractivity contribution in [2.75, 3.05) is 0 Å². The quantitative estimate of drug-likeness (QED) is 0.783. The molecule has 2 rings (SSSR count). The summed E-state index contributed by atoms with van der Waals surface area (Å²) >= 11 is 5.92. The Balaban J connectivity index is 2.06. The molecule has 0 bridgehead atoms. The van der Waals surface area contributed by atoms with Gasteiger partial charge in [0, 0.05) is 5.56 Å². The lowest BCUT2D eigenvalue weighted by atomic mass is 10.2. The number of rotatable bonds is 4. The van der Waals surface area contributed by atoms with E-state index in [1.54, 1.807) is 12.1 Å². The van der Waals surface area contributed by atoms with Crippen molar-refractivity contribution in [3.05, 3.63) is 64.4 Å². The molecule has 3 heteroatoms. The van der Waals surface area contributed by atoms with Gasteiger partial charge in [0.05, 0.1) is 5.02 Å². The van der Waals surface area contributed by atoms with Crippen LogP contribution < -0.4 is 4.74 Å². The van der Waals surface area contributed by atoms with Crippen molar-refractivity contribution >= 4 is 11.6 Å². The van der Waals surface area contributed by atoms with Crippen LogP contribution in [0.1, 0.15) is 18.1 Å². The predicted molar refractivity (Wildman–Crippen MR) is 71.6 cm³/mol. The second kappa shape index (κ2) is 5.87. The van der Waals surface area contributed by atoms with Crippen molar-refractivity contribution in [2.24, 2.45) is 0 Å². The molecule has 0 saturated heterocycles. The first-order valence-corrected chi connectivity index (χ1v) is 6.23. The van der Waals surface area contributed by atoms with Gasteiger partial charge in [-0.3, -0.25) is 0 Å². The average molecular weight is 265 g/mol. The molecule has 0 aliphatic rings. The summed E-state index contributed by atoms with van der Waals surface area (Å²) in [6.45, 7) is 2.23. The van der Waals surface area contributed by atoms with E-state index in [1.165, 1.54) is 11.6 Å². The highest BCUT2D eigenvalue weighted by molar-refractivity contribution is 6.31. The molecule has 0 unspecified atom stereocenters. The second-order valence-corrected chi connectivity index (χ2v) is 4.39. The Morgan fingerprint density at radius 3 is 2.44 bits per heavy atom. The maximum atomic E-state index is 13.5. The topological polar surface area (TPSA) is 9.23 Å². The molecule has 2 aromatic carbocycles. The van der Waals surface area contributed by atoms with Crippen molar-refractivity contribution in [2.45, 2.75) is 20.0 Å². The summed E-state index contributed by atoms with van der Waals surface area (Å²) in [5.41, 5.74) is 1.63. The van der Waals surface area contributed by atoms with Gasteiger partial charge in [-0.25, -0.2) is 4.39 Å². The fourth-order valence-corrected chi connectivity index (χ4v) is 1.86. The average Bonchev–Trinajstić information content (AvgIpc) is 2.39. The summed E-state index contributed by atoms with van der Waals surface area (Å²) in [6, 6.07) is 12.4. The van der Waals surface area contributed by atoms with Gasteiger partial charge in [-0.15, -0.1) is 0 Å². The highest BCUT2D eigenvalue weighted by Crippen LogP contribution is 2.21. The van der Waals surface area contributed by atoms with Crippen LogP contribution in [0.4, 0.5) is 4.39 Å². The van der Waals surface area contributed by atoms with Gasteiger partial charge in [-0.2, -0.15) is 0 Å². The molecule has 0 spiro atoms. The Morgan fingerprint density at radius 2 is 1.83 bits per heavy atom. The Morgan fingerprint density at radius 1 is 1.11 bits per heavy atom. The lowest BCUT2D eigenvalue weighted by Gasteiger charge is -2.09. The van der Waals surface area contributed by atoms with E-state index in [1.807, 2.05) is 24.3 Å². The summed E-state index contributed by atoms with van der Waals surface area (Å²) in [7, 11) is 0. The number of hydrogen-bond acceptors (Lipinski definition) is 1. The molecule has 94 valence electrons. The highest BCUT2D eigenvalue weighted by atomic mass is 35.5. The first-order valence-electron chi connectivity index (χ1n) is 5.85. The zero-order chi connectivity index (χ0) is 13.0. The SMILES string of the molecule is CCc1ccc(OCc2c(F)cccc2Cl)cc1. The number of aryl methyl sites for hydroxylation is 1. The van der Waals surface area contributed by atoms with Crippen molar-refractivity contribution in [1.29, 1.82) is 0 Å². The Labute approximate surface area is 111 Å². The third kappa shape index (κ3) is 3.02. The van der Waals surface area contributed by atoms with Crippen molar-refractivity contribution in [1.82, 2.24) is 0 Å². The largest absolute Gasteiger partial charge is 0.489 e. The van der Waals surface area contributed by atoms with E-state index in [9.17, 15) is 4.39 Å². The molecule has 2 aromatic rings. The molecule has 0 aliphatic carbocycles. The minimum Gasteiger partial charge on any atom is -0.489 e. The van der Waals surface area contributed by atoms with E-state index in [2.05, 4.69) is 6.92 Å². The maximum absolute atomic E-state index is 13.5. The number of benzene rings is 2. The van der Waals surface area contributed by atoms with Gasteiger partial charge >= 0.3 is 0 Å². The van der Waals surface area contributed by atoms with Gasteiger partial charge < -0.3 is 4.74 Å². The van der Waals surface area contributed by atoms with Crippen LogP contribution in [0.5, 0.6) is 5.75 Å². The summed E-state index contributed by atoms with van der Waals surface area (Å²) in [5.74, 6) is 0.374. The first-order chi connectivity index (χ1) is 8.70. The molecule has 0 N–H and O–H groups in total. The summed E-state index contributed by atoms with van der Waals surface area (Å²) in [5, 5.41) is 0.389. The summed E-state index contributed by atoms with van der Waals surface area (Å²) < 4.78 is 19.0. The standard InChI is InChI=1S/C15H14ClFO/c1-2-11-6-8-12(9-7-11)18-10-13-14(16)4-3-5-15(13)17/h3-9H,2,10H2,1H3. The number of halogens is 2. The molecule has 0 atom stereocenters. The molecule has 0 aromatic heterocycles. The van der Waals surface area contributed by atoms with Crippen LogP contribution in [0, 0.1) is 5.82 Å². The molecule has 0 heterocycles. The van der Waals surface area contributed by atoms with Gasteiger partial charge in [0.1, 0.15) is 18.2 Å². The van der Waals surface area contributed by atoms with Gasteiger partial charge in [0.15, 0.2) is 0 Å². The number of hydrogen-bond donors (Lipinski definition) is 0. The van der Waals surface area contributed by atoms with Gasteiger partial charge in [0.25, 0.3) is 0 Å². The molecular weight excluding hydrogens is 251 g/mol. The zero-order valence-corrected chi connectivity index (χ0v) is 10.9. The molecule has 0 amide bonds. The fraction of sp³-hybridized carbons (Fsp3) is 0.200. The van der Waals surface area contributed by atoms with E-state index in [0.29, 0.717) is 16.3 Å². The molecule has 1 nitrogen and oxygen atoms in total. The zero-order valence-electron chi connectivity index (χ0n) is 10.1. The third-order valence-corrected chi connectivity index (χ3v) is 3.13. The maximum Gasteiger partial charge on any atom is 0.131 e. The fourth-order valence-electron chi connectivity index (χ4n) is 1.65. The molecule has 0 radical (unpaired) electrons. The Hall–Kier alpha value is -1.54. The molecule has 0 aliphatic heterocycles. The smallest absolute Gasteiger partial charge is 0.131 e. The Bertz CT molecular complexity index is 502. The van der Waals surface area contributed by atoms with E-state index in [0.717, 1.165) is 6.42 Å². The lowest BCUT2D eigenvalue weighted by Crippen LogP contribution is -1.99.